The third-order valence-electron chi connectivity index (χ3n) is 4.22. The summed E-state index contributed by atoms with van der Waals surface area (Å²) < 4.78 is 11.3. The minimum atomic E-state index is 0.0613. The minimum absolute atomic E-state index is 0.0613. The third kappa shape index (κ3) is 3.49. The maximum Gasteiger partial charge on any atom is 0.123 e. The number of nitrogens with one attached hydrogen (secondary N) is 1. The number of rotatable bonds is 6. The van der Waals surface area contributed by atoms with Gasteiger partial charge in [-0.25, -0.2) is 0 Å². The van der Waals surface area contributed by atoms with Gasteiger partial charge in [-0.1, -0.05) is 24.3 Å². The molecule has 0 saturated heterocycles. The highest BCUT2D eigenvalue weighted by Crippen LogP contribution is 2.34. The van der Waals surface area contributed by atoms with E-state index in [1.165, 1.54) is 5.56 Å². The van der Waals surface area contributed by atoms with Gasteiger partial charge in [0.25, 0.3) is 0 Å². The fraction of sp³-hybridized carbons (Fsp3) is 0.368. The molecule has 1 aliphatic rings. The van der Waals surface area contributed by atoms with Crippen molar-refractivity contribution in [2.24, 2.45) is 0 Å². The van der Waals surface area contributed by atoms with Crippen molar-refractivity contribution in [2.75, 3.05) is 7.11 Å². The predicted octanol–water partition coefficient (Wildman–Crippen LogP) is 2.80. The van der Waals surface area contributed by atoms with Crippen molar-refractivity contribution in [3.63, 3.8) is 0 Å². The van der Waals surface area contributed by atoms with E-state index in [0.29, 0.717) is 13.1 Å². The highest BCUT2D eigenvalue weighted by Gasteiger charge is 2.21. The number of ether oxygens (including phenoxy) is 2. The summed E-state index contributed by atoms with van der Waals surface area (Å²) in [6.45, 7) is 3.53. The van der Waals surface area contributed by atoms with Crippen molar-refractivity contribution in [3.8, 4) is 11.5 Å². The van der Waals surface area contributed by atoms with E-state index in [0.717, 1.165) is 34.6 Å². The molecule has 2 aromatic carbocycles. The summed E-state index contributed by atoms with van der Waals surface area (Å²) in [5.74, 6) is 1.86. The van der Waals surface area contributed by atoms with Crippen molar-refractivity contribution in [1.29, 1.82) is 0 Å². The smallest absolute Gasteiger partial charge is 0.123 e. The summed E-state index contributed by atoms with van der Waals surface area (Å²) in [7, 11) is 1.70. The Kier molecular flexibility index (Phi) is 4.84. The molecular formula is C19H23NO3. The van der Waals surface area contributed by atoms with Crippen LogP contribution >= 0.6 is 0 Å². The second-order valence-electron chi connectivity index (χ2n) is 5.93. The minimum Gasteiger partial charge on any atom is -0.496 e. The van der Waals surface area contributed by atoms with Crippen molar-refractivity contribution in [2.45, 2.75) is 39.1 Å². The molecule has 122 valence electrons. The number of aliphatic hydroxyl groups is 1. The lowest BCUT2D eigenvalue weighted by atomic mass is 10.1. The molecule has 4 nitrogen and oxygen atoms in total. The molecule has 1 unspecified atom stereocenters. The van der Waals surface area contributed by atoms with Gasteiger partial charge in [0, 0.05) is 30.6 Å². The van der Waals surface area contributed by atoms with Crippen LogP contribution in [0.1, 0.15) is 29.2 Å². The van der Waals surface area contributed by atoms with E-state index in [-0.39, 0.29) is 12.7 Å². The molecule has 2 aromatic rings. The second kappa shape index (κ2) is 7.02. The van der Waals surface area contributed by atoms with Crippen molar-refractivity contribution in [1.82, 2.24) is 5.32 Å². The molecule has 0 aliphatic carbocycles. The molecule has 2 N–H and O–H groups in total. The first kappa shape index (κ1) is 15.8. The summed E-state index contributed by atoms with van der Waals surface area (Å²) in [5, 5.41) is 12.8. The van der Waals surface area contributed by atoms with Gasteiger partial charge in [0.1, 0.15) is 17.6 Å². The molecule has 23 heavy (non-hydrogen) atoms. The van der Waals surface area contributed by atoms with Crippen LogP contribution in [0, 0.1) is 0 Å². The van der Waals surface area contributed by atoms with Crippen LogP contribution in [0.5, 0.6) is 11.5 Å². The van der Waals surface area contributed by atoms with Gasteiger partial charge >= 0.3 is 0 Å². The van der Waals surface area contributed by atoms with Gasteiger partial charge in [-0.2, -0.15) is 0 Å². The molecule has 0 aromatic heterocycles. The summed E-state index contributed by atoms with van der Waals surface area (Å²) in [6.07, 6.45) is 1.16. The van der Waals surface area contributed by atoms with Crippen LogP contribution in [0.15, 0.2) is 36.4 Å². The molecule has 1 aliphatic heterocycles. The van der Waals surface area contributed by atoms with E-state index in [9.17, 15) is 5.11 Å². The Morgan fingerprint density at radius 3 is 2.65 bits per heavy atom. The van der Waals surface area contributed by atoms with Crippen LogP contribution in [0.3, 0.4) is 0 Å². The van der Waals surface area contributed by atoms with E-state index in [1.807, 2.05) is 24.3 Å². The van der Waals surface area contributed by atoms with Crippen LogP contribution in [0.25, 0.3) is 0 Å². The summed E-state index contributed by atoms with van der Waals surface area (Å²) >= 11 is 0. The Hall–Kier alpha value is -2.04. The first-order valence-corrected chi connectivity index (χ1v) is 7.96. The Morgan fingerprint density at radius 2 is 1.91 bits per heavy atom. The Bertz CT molecular complexity index is 684. The zero-order chi connectivity index (χ0) is 16.2. The number of benzene rings is 2. The molecule has 0 saturated carbocycles. The highest BCUT2D eigenvalue weighted by atomic mass is 16.5. The lowest BCUT2D eigenvalue weighted by Gasteiger charge is -2.13. The van der Waals surface area contributed by atoms with E-state index in [4.69, 9.17) is 9.47 Å². The molecule has 1 atom stereocenters. The number of fused-ring (bicyclic) bond motifs is 1. The van der Waals surface area contributed by atoms with Crippen LogP contribution < -0.4 is 14.8 Å². The van der Waals surface area contributed by atoms with Gasteiger partial charge in [0.15, 0.2) is 0 Å². The third-order valence-corrected chi connectivity index (χ3v) is 4.22. The summed E-state index contributed by atoms with van der Waals surface area (Å²) in [6, 6.07) is 12.1. The lowest BCUT2D eigenvalue weighted by molar-refractivity contribution is 0.254. The van der Waals surface area contributed by atoms with Crippen LogP contribution in [-0.4, -0.2) is 18.3 Å². The monoisotopic (exact) mass is 313 g/mol. The fourth-order valence-corrected chi connectivity index (χ4v) is 3.03. The average molecular weight is 313 g/mol. The first-order valence-electron chi connectivity index (χ1n) is 7.96. The van der Waals surface area contributed by atoms with Gasteiger partial charge in [0.05, 0.1) is 13.7 Å². The standard InChI is InChI=1S/C19H23NO3/c1-13-7-16-8-18(22-2)17(9-19(16)23-13)11-20-10-14-5-3-4-6-15(14)12-21/h3-6,8-9,13,20-21H,7,10-12H2,1-2H3. The van der Waals surface area contributed by atoms with Crippen molar-refractivity contribution in [3.05, 3.63) is 58.7 Å². The zero-order valence-electron chi connectivity index (χ0n) is 13.6. The zero-order valence-corrected chi connectivity index (χ0v) is 13.6. The van der Waals surface area contributed by atoms with Crippen LogP contribution in [0.4, 0.5) is 0 Å². The van der Waals surface area contributed by atoms with Gasteiger partial charge in [-0.3, -0.25) is 0 Å². The van der Waals surface area contributed by atoms with E-state index in [2.05, 4.69) is 24.4 Å². The Balaban J connectivity index is 1.70. The topological polar surface area (TPSA) is 50.7 Å². The normalized spacial score (nSPS) is 16.0. The highest BCUT2D eigenvalue weighted by molar-refractivity contribution is 5.48. The maximum atomic E-state index is 9.38. The molecule has 4 heteroatoms. The molecule has 1 heterocycles. The predicted molar refractivity (Wildman–Crippen MR) is 89.7 cm³/mol. The lowest BCUT2D eigenvalue weighted by Crippen LogP contribution is -2.14. The molecule has 0 bridgehead atoms. The summed E-state index contributed by atoms with van der Waals surface area (Å²) in [4.78, 5) is 0. The van der Waals surface area contributed by atoms with E-state index in [1.54, 1.807) is 7.11 Å². The maximum absolute atomic E-state index is 9.38. The number of hydrogen-bond donors (Lipinski definition) is 2. The number of hydrogen-bond acceptors (Lipinski definition) is 4. The van der Waals surface area contributed by atoms with Gasteiger partial charge < -0.3 is 19.9 Å². The fourth-order valence-electron chi connectivity index (χ4n) is 3.03. The SMILES string of the molecule is COc1cc2c(cc1CNCc1ccccc1CO)OC(C)C2. The molecule has 0 radical (unpaired) electrons. The summed E-state index contributed by atoms with van der Waals surface area (Å²) in [5.41, 5.74) is 4.36. The van der Waals surface area contributed by atoms with Gasteiger partial charge in [-0.15, -0.1) is 0 Å². The van der Waals surface area contributed by atoms with Crippen molar-refractivity contribution >= 4 is 0 Å². The van der Waals surface area contributed by atoms with Crippen molar-refractivity contribution < 1.29 is 14.6 Å². The molecule has 3 rings (SSSR count). The second-order valence-corrected chi connectivity index (χ2v) is 5.93. The Labute approximate surface area is 137 Å². The molecular weight excluding hydrogens is 290 g/mol. The number of aliphatic hydroxyl groups excluding tert-OH is 1. The average Bonchev–Trinajstić information content (AvgIpc) is 2.93. The quantitative estimate of drug-likeness (QED) is 0.861. The largest absolute Gasteiger partial charge is 0.496 e. The molecule has 0 fully saturated rings. The molecule has 0 amide bonds. The number of methoxy groups -OCH3 is 1. The van der Waals surface area contributed by atoms with Crippen LogP contribution in [0.2, 0.25) is 0 Å². The first-order chi connectivity index (χ1) is 11.2. The van der Waals surface area contributed by atoms with Gasteiger partial charge in [0.2, 0.25) is 0 Å². The van der Waals surface area contributed by atoms with Crippen LogP contribution in [-0.2, 0) is 26.1 Å². The molecule has 0 spiro atoms. The van der Waals surface area contributed by atoms with E-state index >= 15 is 0 Å². The van der Waals surface area contributed by atoms with Gasteiger partial charge in [-0.05, 0) is 30.2 Å². The Morgan fingerprint density at radius 1 is 1.17 bits per heavy atom. The van der Waals surface area contributed by atoms with E-state index < -0.39 is 0 Å².